The van der Waals surface area contributed by atoms with Crippen LogP contribution in [0.1, 0.15) is 24.0 Å². The Hall–Kier alpha value is -3.01. The van der Waals surface area contributed by atoms with Crippen molar-refractivity contribution in [3.63, 3.8) is 0 Å². The molecule has 8 heteroatoms. The van der Waals surface area contributed by atoms with Gasteiger partial charge in [0.2, 0.25) is 5.91 Å². The predicted octanol–water partition coefficient (Wildman–Crippen LogP) is 4.26. The van der Waals surface area contributed by atoms with E-state index in [1.54, 1.807) is 6.33 Å². The van der Waals surface area contributed by atoms with Gasteiger partial charge in [0.05, 0.1) is 17.0 Å². The third-order valence-corrected chi connectivity index (χ3v) is 6.79. The Morgan fingerprint density at radius 3 is 2.70 bits per heavy atom. The molecule has 2 aromatic carbocycles. The fourth-order valence-electron chi connectivity index (χ4n) is 4.23. The van der Waals surface area contributed by atoms with Crippen LogP contribution in [0.3, 0.4) is 0 Å². The van der Waals surface area contributed by atoms with E-state index >= 15 is 0 Å². The third kappa shape index (κ3) is 4.85. The first-order valence-corrected chi connectivity index (χ1v) is 12.2. The van der Waals surface area contributed by atoms with E-state index in [4.69, 9.17) is 0 Å². The summed E-state index contributed by atoms with van der Waals surface area (Å²) >= 11 is 2.28. The lowest BCUT2D eigenvalue weighted by atomic mass is 9.97. The SMILES string of the molecule is Cc1ccc(-n2cc3c(N4CCC[C@@H](C(=O)NCc5ccc(I)cc5)C4)ncnc3n2)cc1. The number of anilines is 1. The zero-order valence-electron chi connectivity index (χ0n) is 18.4. The quantitative estimate of drug-likeness (QED) is 0.375. The zero-order valence-corrected chi connectivity index (χ0v) is 20.6. The molecule has 1 atom stereocenters. The Balaban J connectivity index is 1.32. The van der Waals surface area contributed by atoms with Crippen molar-refractivity contribution in [2.75, 3.05) is 18.0 Å². The number of piperidine rings is 1. The average molecular weight is 552 g/mol. The number of amides is 1. The minimum atomic E-state index is -0.0697. The van der Waals surface area contributed by atoms with E-state index in [9.17, 15) is 4.79 Å². The molecule has 1 amide bonds. The van der Waals surface area contributed by atoms with Crippen molar-refractivity contribution in [1.82, 2.24) is 25.1 Å². The highest BCUT2D eigenvalue weighted by Crippen LogP contribution is 2.28. The Bertz CT molecular complexity index is 1270. The van der Waals surface area contributed by atoms with E-state index in [-0.39, 0.29) is 11.8 Å². The normalized spacial score (nSPS) is 16.2. The molecule has 0 bridgehead atoms. The standard InChI is InChI=1S/C25H25IN6O/c1-17-4-10-21(11-5-17)32-15-22-23(30-32)28-16-29-24(22)31-12-2-3-19(14-31)25(33)27-13-18-6-8-20(26)9-7-18/h4-11,15-16,19H,2-3,12-14H2,1H3,(H,27,33)/t19-/m1/s1. The summed E-state index contributed by atoms with van der Waals surface area (Å²) in [6.07, 6.45) is 5.37. The molecule has 2 aromatic heterocycles. The number of benzene rings is 2. The van der Waals surface area contributed by atoms with Crippen LogP contribution in [-0.4, -0.2) is 38.7 Å². The highest BCUT2D eigenvalue weighted by Gasteiger charge is 2.28. The monoisotopic (exact) mass is 552 g/mol. The maximum absolute atomic E-state index is 12.9. The van der Waals surface area contributed by atoms with Crippen molar-refractivity contribution >= 4 is 45.3 Å². The Kier molecular flexibility index (Phi) is 6.26. The lowest BCUT2D eigenvalue weighted by Crippen LogP contribution is -2.43. The number of halogens is 1. The number of rotatable bonds is 5. The number of nitrogens with zero attached hydrogens (tertiary/aromatic N) is 5. The largest absolute Gasteiger partial charge is 0.355 e. The van der Waals surface area contributed by atoms with Gasteiger partial charge in [-0.25, -0.2) is 14.6 Å². The zero-order chi connectivity index (χ0) is 22.8. The lowest BCUT2D eigenvalue weighted by molar-refractivity contribution is -0.125. The molecule has 3 heterocycles. The molecule has 168 valence electrons. The minimum Gasteiger partial charge on any atom is -0.355 e. The molecule has 5 rings (SSSR count). The molecule has 1 aliphatic rings. The number of aryl methyl sites for hydroxylation is 1. The van der Waals surface area contributed by atoms with Gasteiger partial charge >= 0.3 is 0 Å². The summed E-state index contributed by atoms with van der Waals surface area (Å²) in [5, 5.41) is 8.66. The molecule has 1 aliphatic heterocycles. The summed E-state index contributed by atoms with van der Waals surface area (Å²) in [4.78, 5) is 24.1. The predicted molar refractivity (Wildman–Crippen MR) is 137 cm³/mol. The second-order valence-corrected chi connectivity index (χ2v) is 9.72. The summed E-state index contributed by atoms with van der Waals surface area (Å²) < 4.78 is 3.03. The van der Waals surface area contributed by atoms with E-state index in [1.807, 2.05) is 23.0 Å². The van der Waals surface area contributed by atoms with E-state index in [0.29, 0.717) is 18.7 Å². The van der Waals surface area contributed by atoms with Crippen molar-refractivity contribution in [1.29, 1.82) is 0 Å². The van der Waals surface area contributed by atoms with E-state index < -0.39 is 0 Å². The number of hydrogen-bond acceptors (Lipinski definition) is 5. The second kappa shape index (κ2) is 9.46. The highest BCUT2D eigenvalue weighted by molar-refractivity contribution is 14.1. The molecule has 1 saturated heterocycles. The van der Waals surface area contributed by atoms with E-state index in [0.717, 1.165) is 41.8 Å². The molecule has 4 aromatic rings. The number of hydrogen-bond donors (Lipinski definition) is 1. The molecule has 1 N–H and O–H groups in total. The van der Waals surface area contributed by atoms with Gasteiger partial charge in [0, 0.05) is 29.4 Å². The van der Waals surface area contributed by atoms with Crippen LogP contribution in [-0.2, 0) is 11.3 Å². The number of carbonyl (C=O) groups is 1. The molecule has 0 radical (unpaired) electrons. The molecular formula is C25H25IN6O. The molecule has 33 heavy (non-hydrogen) atoms. The smallest absolute Gasteiger partial charge is 0.225 e. The Morgan fingerprint density at radius 1 is 1.12 bits per heavy atom. The van der Waals surface area contributed by atoms with Crippen LogP contribution in [0.15, 0.2) is 61.1 Å². The number of nitrogens with one attached hydrogen (secondary N) is 1. The summed E-state index contributed by atoms with van der Waals surface area (Å²) in [6, 6.07) is 16.4. The molecular weight excluding hydrogens is 527 g/mol. The van der Waals surface area contributed by atoms with Crippen LogP contribution in [0.4, 0.5) is 5.82 Å². The summed E-state index contributed by atoms with van der Waals surface area (Å²) in [7, 11) is 0. The van der Waals surface area contributed by atoms with Crippen LogP contribution < -0.4 is 10.2 Å². The van der Waals surface area contributed by atoms with Gasteiger partial charge in [0.15, 0.2) is 5.65 Å². The van der Waals surface area contributed by atoms with Gasteiger partial charge in [-0.3, -0.25) is 4.79 Å². The first-order chi connectivity index (χ1) is 16.1. The first-order valence-electron chi connectivity index (χ1n) is 11.1. The first kappa shape index (κ1) is 21.8. The fraction of sp³-hybridized carbons (Fsp3) is 0.280. The summed E-state index contributed by atoms with van der Waals surface area (Å²) in [6.45, 7) is 4.12. The molecule has 0 spiro atoms. The van der Waals surface area contributed by atoms with Gasteiger partial charge in [-0.15, -0.1) is 5.10 Å². The molecule has 0 aliphatic carbocycles. The van der Waals surface area contributed by atoms with Crippen LogP contribution in [0.5, 0.6) is 0 Å². The Labute approximate surface area is 206 Å². The van der Waals surface area contributed by atoms with Crippen LogP contribution in [0.25, 0.3) is 16.7 Å². The average Bonchev–Trinajstić information content (AvgIpc) is 3.28. The molecule has 7 nitrogen and oxygen atoms in total. The maximum atomic E-state index is 12.9. The maximum Gasteiger partial charge on any atom is 0.225 e. The van der Waals surface area contributed by atoms with E-state index in [2.05, 4.69) is 91.2 Å². The number of fused-ring (bicyclic) bond motifs is 1. The van der Waals surface area contributed by atoms with Gasteiger partial charge in [0.1, 0.15) is 12.1 Å². The highest BCUT2D eigenvalue weighted by atomic mass is 127. The molecule has 1 fully saturated rings. The molecule has 0 saturated carbocycles. The topological polar surface area (TPSA) is 75.9 Å². The van der Waals surface area contributed by atoms with Crippen molar-refractivity contribution in [2.24, 2.45) is 5.92 Å². The summed E-state index contributed by atoms with van der Waals surface area (Å²) in [5.41, 5.74) is 3.95. The second-order valence-electron chi connectivity index (χ2n) is 8.47. The minimum absolute atomic E-state index is 0.0697. The molecule has 0 unspecified atom stereocenters. The van der Waals surface area contributed by atoms with Crippen molar-refractivity contribution in [3.05, 3.63) is 75.8 Å². The van der Waals surface area contributed by atoms with Gasteiger partial charge in [-0.1, -0.05) is 29.8 Å². The van der Waals surface area contributed by atoms with Crippen LogP contribution in [0, 0.1) is 16.4 Å². The number of carbonyl (C=O) groups excluding carboxylic acids is 1. The number of aromatic nitrogens is 4. The third-order valence-electron chi connectivity index (χ3n) is 6.07. The van der Waals surface area contributed by atoms with Crippen molar-refractivity contribution in [2.45, 2.75) is 26.3 Å². The van der Waals surface area contributed by atoms with Gasteiger partial charge in [-0.2, -0.15) is 0 Å². The van der Waals surface area contributed by atoms with Gasteiger partial charge in [-0.05, 0) is 72.2 Å². The van der Waals surface area contributed by atoms with Crippen LogP contribution >= 0.6 is 22.6 Å². The summed E-state index contributed by atoms with van der Waals surface area (Å²) in [5.74, 6) is 0.868. The van der Waals surface area contributed by atoms with Gasteiger partial charge in [0.25, 0.3) is 0 Å². The fourth-order valence-corrected chi connectivity index (χ4v) is 4.59. The van der Waals surface area contributed by atoms with Crippen molar-refractivity contribution < 1.29 is 4.79 Å². The van der Waals surface area contributed by atoms with Crippen LogP contribution in [0.2, 0.25) is 0 Å². The van der Waals surface area contributed by atoms with Crippen molar-refractivity contribution in [3.8, 4) is 5.69 Å². The lowest BCUT2D eigenvalue weighted by Gasteiger charge is -2.33. The van der Waals surface area contributed by atoms with E-state index in [1.165, 1.54) is 9.13 Å². The Morgan fingerprint density at radius 2 is 1.91 bits per heavy atom. The van der Waals surface area contributed by atoms with Gasteiger partial charge < -0.3 is 10.2 Å².